The Bertz CT molecular complexity index is 914. The van der Waals surface area contributed by atoms with E-state index in [1.54, 1.807) is 12.4 Å². The molecule has 0 bridgehead atoms. The monoisotopic (exact) mass is 378 g/mol. The van der Waals surface area contributed by atoms with E-state index in [1.165, 1.54) is 17.4 Å². The second-order valence-corrected chi connectivity index (χ2v) is 7.78. The van der Waals surface area contributed by atoms with E-state index in [2.05, 4.69) is 4.98 Å². The molecule has 0 atom stereocenters. The first kappa shape index (κ1) is 18.2. The summed E-state index contributed by atoms with van der Waals surface area (Å²) in [5.74, 6) is -1.09. The number of carboxylic acid groups (broad SMARTS) is 1. The lowest BCUT2D eigenvalue weighted by Crippen LogP contribution is -2.29. The first-order chi connectivity index (χ1) is 12.4. The zero-order chi connectivity index (χ0) is 18.7. The van der Waals surface area contributed by atoms with E-state index < -0.39 is 16.0 Å². The van der Waals surface area contributed by atoms with Gasteiger partial charge >= 0.3 is 5.97 Å². The summed E-state index contributed by atoms with van der Waals surface area (Å²) in [7, 11) is -2.43. The van der Waals surface area contributed by atoms with Gasteiger partial charge in [0.25, 0.3) is 0 Å². The molecule has 1 N–H and O–H groups in total. The summed E-state index contributed by atoms with van der Waals surface area (Å²) < 4.78 is 37.6. The van der Waals surface area contributed by atoms with Crippen molar-refractivity contribution in [3.8, 4) is 11.5 Å². The fraction of sp³-hybridized carbons (Fsp3) is 0.294. The first-order valence-electron chi connectivity index (χ1n) is 7.92. The second kappa shape index (κ2) is 7.30. The number of benzene rings is 1. The van der Waals surface area contributed by atoms with Crippen molar-refractivity contribution >= 4 is 16.0 Å². The minimum absolute atomic E-state index is 0.0575. The van der Waals surface area contributed by atoms with Gasteiger partial charge in [0.2, 0.25) is 10.0 Å². The van der Waals surface area contributed by atoms with E-state index >= 15 is 0 Å². The Morgan fingerprint density at radius 1 is 1.23 bits per heavy atom. The quantitative estimate of drug-likeness (QED) is 0.810. The lowest BCUT2D eigenvalue weighted by molar-refractivity contribution is 0.0685. The molecule has 1 aromatic carbocycles. The Labute approximate surface area is 151 Å². The summed E-state index contributed by atoms with van der Waals surface area (Å²) >= 11 is 0. The van der Waals surface area contributed by atoms with Crippen LogP contribution in [0.1, 0.15) is 15.9 Å². The summed E-state index contributed by atoms with van der Waals surface area (Å²) in [6, 6.07) is 6.04. The molecule has 3 rings (SSSR count). The lowest BCUT2D eigenvalue weighted by atomic mass is 10.2. The van der Waals surface area contributed by atoms with Crippen molar-refractivity contribution in [2.45, 2.75) is 11.3 Å². The Balaban J connectivity index is 1.88. The topological polar surface area (TPSA) is 106 Å². The van der Waals surface area contributed by atoms with Crippen molar-refractivity contribution in [2.24, 2.45) is 0 Å². The highest BCUT2D eigenvalue weighted by molar-refractivity contribution is 7.89. The predicted molar refractivity (Wildman–Crippen MR) is 92.1 cm³/mol. The molecule has 2 heterocycles. The van der Waals surface area contributed by atoms with Crippen molar-refractivity contribution in [1.29, 1.82) is 0 Å². The number of fused-ring (bicyclic) bond motifs is 1. The molecule has 0 amide bonds. The van der Waals surface area contributed by atoms with E-state index in [1.807, 2.05) is 12.1 Å². The molecule has 138 valence electrons. The highest BCUT2D eigenvalue weighted by Gasteiger charge is 2.28. The number of likely N-dealkylation sites (N-methyl/N-ethyl adjacent to an activating group) is 1. The fourth-order valence-corrected chi connectivity index (χ4v) is 3.79. The summed E-state index contributed by atoms with van der Waals surface area (Å²) in [5, 5.41) is 9.37. The summed E-state index contributed by atoms with van der Waals surface area (Å²) in [6.07, 6.45) is 3.79. The Kier molecular flexibility index (Phi) is 5.10. The number of hydrogen-bond acceptors (Lipinski definition) is 6. The van der Waals surface area contributed by atoms with Gasteiger partial charge in [-0.05, 0) is 30.2 Å². The molecule has 2 aromatic rings. The highest BCUT2D eigenvalue weighted by Crippen LogP contribution is 2.37. The predicted octanol–water partition coefficient (Wildman–Crippen LogP) is 1.41. The number of rotatable bonds is 6. The Morgan fingerprint density at radius 2 is 1.92 bits per heavy atom. The minimum Gasteiger partial charge on any atom is -0.486 e. The average molecular weight is 378 g/mol. The molecule has 0 radical (unpaired) electrons. The second-order valence-electron chi connectivity index (χ2n) is 5.73. The van der Waals surface area contributed by atoms with Crippen molar-refractivity contribution < 1.29 is 27.8 Å². The number of aromatic carboxylic acids is 1. The van der Waals surface area contributed by atoms with Crippen molar-refractivity contribution in [3.63, 3.8) is 0 Å². The standard InChI is InChI=1S/C17H18N2O6S/c1-19(7-4-12-2-5-18-6-3-12)26(22,23)13-10-14(17(20)21)16-15(11-13)24-8-9-25-16/h2-3,5-6,10-11H,4,7-9H2,1H3,(H,20,21). The van der Waals surface area contributed by atoms with E-state index in [-0.39, 0.29) is 41.7 Å². The number of nitrogens with zero attached hydrogens (tertiary/aromatic N) is 2. The van der Waals surface area contributed by atoms with Crippen LogP contribution in [0.25, 0.3) is 0 Å². The molecule has 0 spiro atoms. The molecule has 9 heteroatoms. The number of ether oxygens (including phenoxy) is 2. The van der Waals surface area contributed by atoms with Crippen molar-refractivity contribution in [3.05, 3.63) is 47.8 Å². The number of pyridine rings is 1. The van der Waals surface area contributed by atoms with Gasteiger partial charge in [0, 0.05) is 32.1 Å². The SMILES string of the molecule is CN(CCc1ccncc1)S(=O)(=O)c1cc2c(c(C(=O)O)c1)OCCO2. The van der Waals surface area contributed by atoms with Crippen LogP contribution in [0.2, 0.25) is 0 Å². The zero-order valence-electron chi connectivity index (χ0n) is 14.1. The van der Waals surface area contributed by atoms with Gasteiger partial charge in [-0.3, -0.25) is 4.98 Å². The number of sulfonamides is 1. The molecule has 1 aliphatic rings. The van der Waals surface area contributed by atoms with Gasteiger partial charge in [0.1, 0.15) is 18.8 Å². The lowest BCUT2D eigenvalue weighted by Gasteiger charge is -2.22. The summed E-state index contributed by atoms with van der Waals surface area (Å²) in [5.41, 5.74) is 0.721. The smallest absolute Gasteiger partial charge is 0.339 e. The van der Waals surface area contributed by atoms with Gasteiger partial charge in [0.05, 0.1) is 4.90 Å². The zero-order valence-corrected chi connectivity index (χ0v) is 14.9. The molecule has 1 aromatic heterocycles. The maximum atomic E-state index is 12.8. The van der Waals surface area contributed by atoms with Crippen LogP contribution < -0.4 is 9.47 Å². The van der Waals surface area contributed by atoms with Gasteiger partial charge in [0.15, 0.2) is 11.5 Å². The van der Waals surface area contributed by atoms with Crippen LogP contribution >= 0.6 is 0 Å². The maximum absolute atomic E-state index is 12.8. The van der Waals surface area contributed by atoms with E-state index in [0.29, 0.717) is 6.42 Å². The minimum atomic E-state index is -3.88. The van der Waals surface area contributed by atoms with E-state index in [9.17, 15) is 18.3 Å². The number of carbonyl (C=O) groups is 1. The highest BCUT2D eigenvalue weighted by atomic mass is 32.2. The number of carboxylic acids is 1. The summed E-state index contributed by atoms with van der Waals surface area (Å²) in [6.45, 7) is 0.682. The van der Waals surface area contributed by atoms with Gasteiger partial charge < -0.3 is 14.6 Å². The van der Waals surface area contributed by atoms with Crippen molar-refractivity contribution in [2.75, 3.05) is 26.8 Å². The van der Waals surface area contributed by atoms with Crippen LogP contribution in [-0.2, 0) is 16.4 Å². The summed E-state index contributed by atoms with van der Waals surface area (Å²) in [4.78, 5) is 15.3. The number of hydrogen-bond donors (Lipinski definition) is 1. The van der Waals surface area contributed by atoms with Gasteiger partial charge in [-0.25, -0.2) is 17.5 Å². The third-order valence-corrected chi connectivity index (χ3v) is 5.85. The molecule has 0 saturated heterocycles. The van der Waals surface area contributed by atoms with E-state index in [4.69, 9.17) is 9.47 Å². The van der Waals surface area contributed by atoms with Crippen LogP contribution in [0.15, 0.2) is 41.6 Å². The molecule has 8 nitrogen and oxygen atoms in total. The molecule has 0 saturated carbocycles. The first-order valence-corrected chi connectivity index (χ1v) is 9.36. The van der Waals surface area contributed by atoms with Crippen LogP contribution in [0, 0.1) is 0 Å². The van der Waals surface area contributed by atoms with Crippen molar-refractivity contribution in [1.82, 2.24) is 9.29 Å². The largest absolute Gasteiger partial charge is 0.486 e. The Morgan fingerprint density at radius 3 is 2.62 bits per heavy atom. The van der Waals surface area contributed by atoms with Crippen LogP contribution in [0.3, 0.4) is 0 Å². The molecular formula is C17H18N2O6S. The molecular weight excluding hydrogens is 360 g/mol. The molecule has 0 aliphatic carbocycles. The molecule has 1 aliphatic heterocycles. The normalized spacial score (nSPS) is 13.6. The van der Waals surface area contributed by atoms with Gasteiger partial charge in [-0.15, -0.1) is 0 Å². The number of aromatic nitrogens is 1. The Hall–Kier alpha value is -2.65. The van der Waals surface area contributed by atoms with Crippen LogP contribution in [0.4, 0.5) is 0 Å². The third-order valence-electron chi connectivity index (χ3n) is 4.02. The fourth-order valence-electron chi connectivity index (χ4n) is 2.57. The van der Waals surface area contributed by atoms with Crippen LogP contribution in [-0.4, -0.2) is 55.6 Å². The van der Waals surface area contributed by atoms with Crippen LogP contribution in [0.5, 0.6) is 11.5 Å². The average Bonchev–Trinajstić information content (AvgIpc) is 2.65. The molecule has 26 heavy (non-hydrogen) atoms. The molecule has 0 unspecified atom stereocenters. The van der Waals surface area contributed by atoms with Gasteiger partial charge in [-0.1, -0.05) is 0 Å². The maximum Gasteiger partial charge on any atom is 0.339 e. The van der Waals surface area contributed by atoms with Gasteiger partial charge in [-0.2, -0.15) is 0 Å². The van der Waals surface area contributed by atoms with E-state index in [0.717, 1.165) is 11.6 Å². The third kappa shape index (κ3) is 3.63. The molecule has 0 fully saturated rings.